The zero-order valence-electron chi connectivity index (χ0n) is 6.01. The second-order valence-corrected chi connectivity index (χ2v) is 2.98. The zero-order chi connectivity index (χ0) is 7.78. The topological polar surface area (TPSA) is 52.9 Å². The van der Waals surface area contributed by atoms with E-state index in [1.165, 1.54) is 7.28 Å². The summed E-state index contributed by atoms with van der Waals surface area (Å²) in [4.78, 5) is 10.7. The lowest BCUT2D eigenvalue weighted by Crippen LogP contribution is -2.63. The van der Waals surface area contributed by atoms with Crippen LogP contribution in [0.4, 0.5) is 0 Å². The highest BCUT2D eigenvalue weighted by molar-refractivity contribution is 6.54. The summed E-state index contributed by atoms with van der Waals surface area (Å²) in [6.45, 7) is 3.79. The van der Waals surface area contributed by atoms with Gasteiger partial charge in [-0.25, -0.2) is 5.26 Å². The van der Waals surface area contributed by atoms with Gasteiger partial charge >= 0.3 is 0 Å². The van der Waals surface area contributed by atoms with Crippen LogP contribution in [0.25, 0.3) is 0 Å². The largest absolute Gasteiger partial charge is 0.351 e. The van der Waals surface area contributed by atoms with Gasteiger partial charge in [0.2, 0.25) is 5.91 Å². The van der Waals surface area contributed by atoms with E-state index in [4.69, 9.17) is 5.26 Å². The van der Waals surface area contributed by atoms with Crippen LogP contribution in [0.5, 0.6) is 0 Å². The maximum Gasteiger partial charge on any atom is 0.270 e. The average Bonchev–Trinajstić information content (AvgIpc) is 1.82. The van der Waals surface area contributed by atoms with Gasteiger partial charge in [0.15, 0.2) is 0 Å². The molecule has 1 fully saturated rings. The summed E-state index contributed by atoms with van der Waals surface area (Å²) in [6, 6.07) is 0. The van der Waals surface area contributed by atoms with E-state index in [1.807, 2.05) is 19.8 Å². The molecule has 10 heavy (non-hydrogen) atoms. The monoisotopic (exact) mass is 135 g/mol. The Morgan fingerprint density at radius 3 is 2.60 bits per heavy atom. The Balaban J connectivity index is 2.59. The molecule has 0 bridgehead atoms. The number of nitriles is 1. The number of carbonyl (C=O) groups is 1. The highest BCUT2D eigenvalue weighted by Gasteiger charge is 2.46. The van der Waals surface area contributed by atoms with Gasteiger partial charge in [-0.2, -0.15) is 0 Å². The van der Waals surface area contributed by atoms with Crippen molar-refractivity contribution in [2.75, 3.05) is 0 Å². The van der Waals surface area contributed by atoms with Crippen molar-refractivity contribution < 1.29 is 4.79 Å². The van der Waals surface area contributed by atoms with Gasteiger partial charge in [0.25, 0.3) is 7.28 Å². The number of β-lactam (4-membered cyclic amide) rings is 1. The Bertz CT molecular complexity index is 206. The second kappa shape index (κ2) is 2.01. The normalized spacial score (nSPS) is 27.7. The fourth-order valence-corrected chi connectivity index (χ4v) is 1.08. The van der Waals surface area contributed by atoms with Crippen LogP contribution in [0, 0.1) is 11.2 Å². The molecule has 1 radical (unpaired) electrons. The highest BCUT2D eigenvalue weighted by atomic mass is 16.2. The first-order chi connectivity index (χ1) is 4.58. The van der Waals surface area contributed by atoms with Crippen LogP contribution in [0.2, 0.25) is 5.82 Å². The van der Waals surface area contributed by atoms with Crippen molar-refractivity contribution in [1.82, 2.24) is 5.32 Å². The minimum absolute atomic E-state index is 0.0495. The molecule has 1 aliphatic rings. The molecule has 1 aliphatic heterocycles. The van der Waals surface area contributed by atoms with Crippen molar-refractivity contribution in [2.24, 2.45) is 0 Å². The van der Waals surface area contributed by atoms with Gasteiger partial charge < -0.3 is 5.32 Å². The van der Waals surface area contributed by atoms with E-state index in [0.717, 1.165) is 0 Å². The molecular weight excluding hydrogens is 127 g/mol. The standard InChI is InChI=1S/C6H8BN2O/c1-6(2)4(7-3-8)5(10)9-6/h4H,1-2H3,(H,9,10). The van der Waals surface area contributed by atoms with Gasteiger partial charge in [-0.1, -0.05) is 0 Å². The Morgan fingerprint density at radius 1 is 1.80 bits per heavy atom. The molecule has 0 aromatic rings. The lowest BCUT2D eigenvalue weighted by molar-refractivity contribution is -0.131. The first-order valence-electron chi connectivity index (χ1n) is 3.13. The summed E-state index contributed by atoms with van der Waals surface area (Å²) in [7, 11) is 1.37. The molecule has 0 aromatic heterocycles. The van der Waals surface area contributed by atoms with Gasteiger partial charge in [-0.05, 0) is 19.8 Å². The van der Waals surface area contributed by atoms with Crippen LogP contribution < -0.4 is 5.32 Å². The molecule has 51 valence electrons. The number of carbonyl (C=O) groups excluding carboxylic acids is 1. The van der Waals surface area contributed by atoms with E-state index < -0.39 is 0 Å². The Hall–Kier alpha value is -0.975. The lowest BCUT2D eigenvalue weighted by atomic mass is 9.54. The van der Waals surface area contributed by atoms with Gasteiger partial charge in [0.1, 0.15) is 0 Å². The first-order valence-corrected chi connectivity index (χ1v) is 3.13. The van der Waals surface area contributed by atoms with E-state index >= 15 is 0 Å². The van der Waals surface area contributed by atoms with E-state index in [9.17, 15) is 4.79 Å². The minimum atomic E-state index is -0.225. The molecule has 1 atom stereocenters. The lowest BCUT2D eigenvalue weighted by Gasteiger charge is -2.43. The van der Waals surface area contributed by atoms with Gasteiger partial charge in [-0.3, -0.25) is 4.79 Å². The molecule has 4 heteroatoms. The third kappa shape index (κ3) is 0.880. The molecule has 1 unspecified atom stereocenters. The maximum absolute atomic E-state index is 10.7. The van der Waals surface area contributed by atoms with Gasteiger partial charge in [0.05, 0.1) is 0 Å². The second-order valence-electron chi connectivity index (χ2n) is 2.98. The quantitative estimate of drug-likeness (QED) is 0.402. The fourth-order valence-electron chi connectivity index (χ4n) is 1.08. The first kappa shape index (κ1) is 7.14. The predicted molar refractivity (Wildman–Crippen MR) is 37.3 cm³/mol. The molecule has 0 saturated carbocycles. The molecular formula is C6H8BN2O. The minimum Gasteiger partial charge on any atom is -0.351 e. The molecule has 1 N–H and O–H groups in total. The summed E-state index contributed by atoms with van der Waals surface area (Å²) in [5.74, 6) is 1.60. The summed E-state index contributed by atoms with van der Waals surface area (Å²) in [5.41, 5.74) is -0.215. The number of hydrogen-bond donors (Lipinski definition) is 1. The average molecular weight is 135 g/mol. The van der Waals surface area contributed by atoms with Crippen LogP contribution in [0.15, 0.2) is 0 Å². The van der Waals surface area contributed by atoms with Crippen molar-refractivity contribution in [3.8, 4) is 5.97 Å². The molecule has 1 amide bonds. The molecule has 0 spiro atoms. The highest BCUT2D eigenvalue weighted by Crippen LogP contribution is 2.30. The van der Waals surface area contributed by atoms with E-state index in [-0.39, 0.29) is 17.3 Å². The molecule has 3 nitrogen and oxygen atoms in total. The molecule has 0 aromatic carbocycles. The molecule has 1 heterocycles. The number of hydrogen-bond acceptors (Lipinski definition) is 2. The van der Waals surface area contributed by atoms with Crippen LogP contribution in [0.1, 0.15) is 13.8 Å². The van der Waals surface area contributed by atoms with Crippen LogP contribution >= 0.6 is 0 Å². The van der Waals surface area contributed by atoms with Gasteiger partial charge in [0, 0.05) is 11.4 Å². The zero-order valence-corrected chi connectivity index (χ0v) is 6.01. The van der Waals surface area contributed by atoms with Crippen molar-refractivity contribution in [3.05, 3.63) is 0 Å². The summed E-state index contributed by atoms with van der Waals surface area (Å²) in [5, 5.41) is 11.0. The maximum atomic E-state index is 10.7. The number of rotatable bonds is 1. The fraction of sp³-hybridized carbons (Fsp3) is 0.667. The summed E-state index contributed by atoms with van der Waals surface area (Å²) < 4.78 is 0. The molecule has 1 rings (SSSR count). The number of nitrogens with one attached hydrogen (secondary N) is 1. The summed E-state index contributed by atoms with van der Waals surface area (Å²) >= 11 is 0. The van der Waals surface area contributed by atoms with E-state index in [1.54, 1.807) is 0 Å². The number of amides is 1. The van der Waals surface area contributed by atoms with Gasteiger partial charge in [-0.15, -0.1) is 0 Å². The Labute approximate surface area is 60.6 Å². The Morgan fingerprint density at radius 2 is 2.40 bits per heavy atom. The van der Waals surface area contributed by atoms with Crippen LogP contribution in [-0.2, 0) is 4.79 Å². The Kier molecular flexibility index (Phi) is 1.44. The van der Waals surface area contributed by atoms with Crippen molar-refractivity contribution in [3.63, 3.8) is 0 Å². The summed E-state index contributed by atoms with van der Waals surface area (Å²) in [6.07, 6.45) is 0. The van der Waals surface area contributed by atoms with Crippen molar-refractivity contribution in [2.45, 2.75) is 25.2 Å². The predicted octanol–water partition coefficient (Wildman–Crippen LogP) is -0.131. The molecule has 0 aliphatic carbocycles. The van der Waals surface area contributed by atoms with Crippen LogP contribution in [0.3, 0.4) is 0 Å². The van der Waals surface area contributed by atoms with E-state index in [0.29, 0.717) is 0 Å². The van der Waals surface area contributed by atoms with Crippen molar-refractivity contribution >= 4 is 13.2 Å². The smallest absolute Gasteiger partial charge is 0.270 e. The van der Waals surface area contributed by atoms with E-state index in [2.05, 4.69) is 5.32 Å². The van der Waals surface area contributed by atoms with Crippen molar-refractivity contribution in [1.29, 1.82) is 5.26 Å². The van der Waals surface area contributed by atoms with Crippen LogP contribution in [-0.4, -0.2) is 18.7 Å². The number of nitrogens with zero attached hydrogens (tertiary/aromatic N) is 1. The third-order valence-corrected chi connectivity index (χ3v) is 1.75. The third-order valence-electron chi connectivity index (χ3n) is 1.75. The SMILES string of the molecule is CC1(C)NC(=O)C1[B]C#N. The molecule has 1 saturated heterocycles.